The molecule has 21 heavy (non-hydrogen) atoms. The monoisotopic (exact) mass is 349 g/mol. The summed E-state index contributed by atoms with van der Waals surface area (Å²) in [5.74, 6) is 1.36. The van der Waals surface area contributed by atoms with Gasteiger partial charge in [0.2, 0.25) is 0 Å². The number of aliphatic hydroxyl groups excluding tert-OH is 1. The van der Waals surface area contributed by atoms with Gasteiger partial charge < -0.3 is 14.6 Å². The summed E-state index contributed by atoms with van der Waals surface area (Å²) in [5, 5.41) is 10.5. The first-order chi connectivity index (χ1) is 10.1. The van der Waals surface area contributed by atoms with Crippen molar-refractivity contribution in [1.29, 1.82) is 0 Å². The van der Waals surface area contributed by atoms with E-state index in [1.54, 1.807) is 6.20 Å². The summed E-state index contributed by atoms with van der Waals surface area (Å²) in [5.41, 5.74) is 2.42. The number of hydrogen-bond acceptors (Lipinski definition) is 4. The van der Waals surface area contributed by atoms with Crippen molar-refractivity contribution in [2.45, 2.75) is 19.4 Å². The van der Waals surface area contributed by atoms with Crippen molar-refractivity contribution in [2.24, 2.45) is 0 Å². The molecule has 1 aliphatic heterocycles. The molecule has 0 saturated heterocycles. The van der Waals surface area contributed by atoms with Crippen LogP contribution in [-0.4, -0.2) is 23.3 Å². The summed E-state index contributed by atoms with van der Waals surface area (Å²) in [4.78, 5) is 4.22. The topological polar surface area (TPSA) is 51.6 Å². The van der Waals surface area contributed by atoms with Gasteiger partial charge in [0, 0.05) is 23.9 Å². The molecule has 1 aromatic heterocycles. The Morgan fingerprint density at radius 2 is 2.00 bits per heavy atom. The Balaban J connectivity index is 1.97. The van der Waals surface area contributed by atoms with Crippen LogP contribution in [0.1, 0.15) is 29.3 Å². The first-order valence-electron chi connectivity index (χ1n) is 6.85. The van der Waals surface area contributed by atoms with Crippen molar-refractivity contribution >= 4 is 15.9 Å². The van der Waals surface area contributed by atoms with Crippen molar-refractivity contribution in [1.82, 2.24) is 4.98 Å². The second kappa shape index (κ2) is 6.03. The van der Waals surface area contributed by atoms with Gasteiger partial charge in [-0.15, -0.1) is 0 Å². The van der Waals surface area contributed by atoms with E-state index in [1.807, 2.05) is 31.2 Å². The zero-order valence-corrected chi connectivity index (χ0v) is 13.3. The van der Waals surface area contributed by atoms with Crippen molar-refractivity contribution in [2.75, 3.05) is 13.2 Å². The van der Waals surface area contributed by atoms with Gasteiger partial charge in [0.1, 0.15) is 6.10 Å². The first kappa shape index (κ1) is 14.4. The van der Waals surface area contributed by atoms with Crippen LogP contribution in [0.5, 0.6) is 11.5 Å². The predicted octanol–water partition coefficient (Wildman–Crippen LogP) is 3.40. The van der Waals surface area contributed by atoms with E-state index in [4.69, 9.17) is 9.47 Å². The smallest absolute Gasteiger partial charge is 0.175 e. The van der Waals surface area contributed by atoms with E-state index in [0.717, 1.165) is 27.7 Å². The Morgan fingerprint density at radius 3 is 2.76 bits per heavy atom. The van der Waals surface area contributed by atoms with Crippen LogP contribution < -0.4 is 9.47 Å². The zero-order chi connectivity index (χ0) is 14.8. The van der Waals surface area contributed by atoms with Gasteiger partial charge in [0.25, 0.3) is 0 Å². The molecule has 1 N–H and O–H groups in total. The van der Waals surface area contributed by atoms with Gasteiger partial charge in [0.05, 0.1) is 17.7 Å². The molecule has 0 amide bonds. The minimum absolute atomic E-state index is 0.616. The van der Waals surface area contributed by atoms with Gasteiger partial charge in [-0.1, -0.05) is 6.07 Å². The summed E-state index contributed by atoms with van der Waals surface area (Å²) in [6, 6.07) is 7.45. The van der Waals surface area contributed by atoms with Crippen LogP contribution >= 0.6 is 15.9 Å². The van der Waals surface area contributed by atoms with Gasteiger partial charge in [-0.25, -0.2) is 0 Å². The van der Waals surface area contributed by atoms with Gasteiger partial charge in [0.15, 0.2) is 11.5 Å². The molecule has 0 spiro atoms. The number of hydrogen-bond donors (Lipinski definition) is 1. The fourth-order valence-electron chi connectivity index (χ4n) is 2.24. The molecule has 2 aromatic rings. The Morgan fingerprint density at radius 1 is 1.19 bits per heavy atom. The van der Waals surface area contributed by atoms with Crippen molar-refractivity contribution in [3.63, 3.8) is 0 Å². The maximum Gasteiger partial charge on any atom is 0.175 e. The largest absolute Gasteiger partial charge is 0.490 e. The third-order valence-corrected chi connectivity index (χ3v) is 3.98. The van der Waals surface area contributed by atoms with E-state index in [1.165, 1.54) is 0 Å². The number of aromatic nitrogens is 1. The summed E-state index contributed by atoms with van der Waals surface area (Å²) < 4.78 is 12.2. The van der Waals surface area contributed by atoms with Crippen LogP contribution in [0.2, 0.25) is 0 Å². The lowest BCUT2D eigenvalue weighted by molar-refractivity contribution is 0.219. The quantitative estimate of drug-likeness (QED) is 0.902. The molecule has 1 unspecified atom stereocenters. The molecule has 5 heteroatoms. The number of halogens is 1. The highest BCUT2D eigenvalue weighted by Gasteiger charge is 2.19. The Hall–Kier alpha value is -1.59. The standard InChI is InChI=1S/C16H16BrNO3/c1-10-3-4-11(9-18-10)15(19)12-7-13(17)16-14(8-12)20-5-2-6-21-16/h3-4,7-9,15,19H,2,5-6H2,1H3. The number of pyridine rings is 1. The van der Waals surface area contributed by atoms with Gasteiger partial charge in [-0.2, -0.15) is 0 Å². The molecule has 0 fully saturated rings. The SMILES string of the molecule is Cc1ccc(C(O)c2cc(Br)c3c(c2)OCCCO3)cn1. The maximum absolute atomic E-state index is 10.5. The summed E-state index contributed by atoms with van der Waals surface area (Å²) in [6.07, 6.45) is 1.80. The van der Waals surface area contributed by atoms with E-state index < -0.39 is 6.10 Å². The molecule has 0 radical (unpaired) electrons. The fraction of sp³-hybridized carbons (Fsp3) is 0.312. The van der Waals surface area contributed by atoms with Crippen LogP contribution in [0.15, 0.2) is 34.9 Å². The molecule has 110 valence electrons. The van der Waals surface area contributed by atoms with E-state index in [9.17, 15) is 5.11 Å². The Labute approximate surface area is 131 Å². The molecular formula is C16H16BrNO3. The number of aliphatic hydroxyl groups is 1. The second-order valence-electron chi connectivity index (χ2n) is 5.02. The maximum atomic E-state index is 10.5. The lowest BCUT2D eigenvalue weighted by atomic mass is 10.0. The zero-order valence-electron chi connectivity index (χ0n) is 11.7. The molecule has 2 heterocycles. The highest BCUT2D eigenvalue weighted by molar-refractivity contribution is 9.10. The molecule has 1 aromatic carbocycles. The van der Waals surface area contributed by atoms with Gasteiger partial charge >= 0.3 is 0 Å². The fourth-order valence-corrected chi connectivity index (χ4v) is 2.82. The molecule has 0 aliphatic carbocycles. The number of aryl methyl sites for hydroxylation is 1. The number of benzene rings is 1. The average Bonchev–Trinajstić information content (AvgIpc) is 2.73. The van der Waals surface area contributed by atoms with Gasteiger partial charge in [-0.3, -0.25) is 4.98 Å². The minimum Gasteiger partial charge on any atom is -0.490 e. The van der Waals surface area contributed by atoms with Crippen LogP contribution in [0.25, 0.3) is 0 Å². The van der Waals surface area contributed by atoms with E-state index >= 15 is 0 Å². The van der Waals surface area contributed by atoms with Crippen LogP contribution in [0.4, 0.5) is 0 Å². The van der Waals surface area contributed by atoms with E-state index in [2.05, 4.69) is 20.9 Å². The Bertz CT molecular complexity index is 643. The normalized spacial score (nSPS) is 15.4. The average molecular weight is 350 g/mol. The van der Waals surface area contributed by atoms with Crippen LogP contribution in [-0.2, 0) is 0 Å². The minimum atomic E-state index is -0.744. The van der Waals surface area contributed by atoms with E-state index in [0.29, 0.717) is 24.7 Å². The first-order valence-corrected chi connectivity index (χ1v) is 7.64. The lowest BCUT2D eigenvalue weighted by Crippen LogP contribution is -2.02. The molecule has 4 nitrogen and oxygen atoms in total. The third kappa shape index (κ3) is 3.04. The second-order valence-corrected chi connectivity index (χ2v) is 5.87. The number of ether oxygens (including phenoxy) is 2. The highest BCUT2D eigenvalue weighted by atomic mass is 79.9. The summed E-state index contributed by atoms with van der Waals surface area (Å²) >= 11 is 3.49. The van der Waals surface area contributed by atoms with Crippen molar-refractivity contribution < 1.29 is 14.6 Å². The molecule has 1 aliphatic rings. The Kier molecular flexibility index (Phi) is 4.12. The van der Waals surface area contributed by atoms with Gasteiger partial charge in [-0.05, 0) is 46.6 Å². The number of rotatable bonds is 2. The highest BCUT2D eigenvalue weighted by Crippen LogP contribution is 2.40. The third-order valence-electron chi connectivity index (χ3n) is 3.39. The molecular weight excluding hydrogens is 334 g/mol. The van der Waals surface area contributed by atoms with Crippen LogP contribution in [0, 0.1) is 6.92 Å². The molecule has 3 rings (SSSR count). The van der Waals surface area contributed by atoms with Crippen molar-refractivity contribution in [3.8, 4) is 11.5 Å². The summed E-state index contributed by atoms with van der Waals surface area (Å²) in [6.45, 7) is 3.17. The van der Waals surface area contributed by atoms with E-state index in [-0.39, 0.29) is 0 Å². The van der Waals surface area contributed by atoms with Crippen molar-refractivity contribution in [3.05, 3.63) is 51.8 Å². The van der Waals surface area contributed by atoms with Crippen LogP contribution in [0.3, 0.4) is 0 Å². The lowest BCUT2D eigenvalue weighted by Gasteiger charge is -2.16. The predicted molar refractivity (Wildman–Crippen MR) is 82.8 cm³/mol. The number of nitrogens with zero attached hydrogens (tertiary/aromatic N) is 1. The summed E-state index contributed by atoms with van der Waals surface area (Å²) in [7, 11) is 0. The molecule has 0 bridgehead atoms. The molecule has 0 saturated carbocycles. The number of fused-ring (bicyclic) bond motifs is 1. The molecule has 1 atom stereocenters.